The van der Waals surface area contributed by atoms with Gasteiger partial charge in [0.2, 0.25) is 0 Å². The molecule has 1 saturated heterocycles. The van der Waals surface area contributed by atoms with Crippen molar-refractivity contribution in [1.29, 1.82) is 0 Å². The number of halogens is 1. The van der Waals surface area contributed by atoms with E-state index in [1.54, 1.807) is 17.0 Å². The van der Waals surface area contributed by atoms with Crippen LogP contribution in [-0.4, -0.2) is 28.9 Å². The van der Waals surface area contributed by atoms with Gasteiger partial charge in [-0.3, -0.25) is 4.79 Å². The summed E-state index contributed by atoms with van der Waals surface area (Å²) in [5.74, 6) is 0.399. The van der Waals surface area contributed by atoms with Gasteiger partial charge in [-0.1, -0.05) is 12.2 Å². The van der Waals surface area contributed by atoms with Crippen LogP contribution in [0.4, 0.5) is 0 Å². The van der Waals surface area contributed by atoms with Crippen molar-refractivity contribution in [1.82, 2.24) is 4.90 Å². The molecule has 2 heterocycles. The van der Waals surface area contributed by atoms with Gasteiger partial charge in [-0.15, -0.1) is 0 Å². The van der Waals surface area contributed by atoms with Crippen LogP contribution >= 0.6 is 23.8 Å². The number of furan rings is 1. The summed E-state index contributed by atoms with van der Waals surface area (Å²) in [6.07, 6.45) is 1.63. The van der Waals surface area contributed by atoms with Crippen molar-refractivity contribution in [2.45, 2.75) is 12.8 Å². The van der Waals surface area contributed by atoms with E-state index < -0.39 is 0 Å². The molecule has 1 aromatic heterocycles. The second-order valence-corrected chi connectivity index (χ2v) is 4.92. The van der Waals surface area contributed by atoms with Gasteiger partial charge in [-0.2, -0.15) is 0 Å². The molecule has 1 aliphatic heterocycles. The maximum Gasteiger partial charge on any atom is 0.289 e. The monoisotopic (exact) mass is 272 g/mol. The largest absolute Gasteiger partial charge is 0.440 e. The van der Waals surface area contributed by atoms with E-state index in [0.29, 0.717) is 18.1 Å². The molecule has 4 nitrogen and oxygen atoms in total. The summed E-state index contributed by atoms with van der Waals surface area (Å²) in [6, 6.07) is 3.15. The molecule has 0 atom stereocenters. The molecule has 0 aromatic carbocycles. The molecular formula is C11H13ClN2O2S. The van der Waals surface area contributed by atoms with E-state index >= 15 is 0 Å². The van der Waals surface area contributed by atoms with Gasteiger partial charge in [-0.05, 0) is 36.6 Å². The van der Waals surface area contributed by atoms with Gasteiger partial charge in [0.05, 0.1) is 4.99 Å². The lowest BCUT2D eigenvalue weighted by Gasteiger charge is -2.30. The van der Waals surface area contributed by atoms with Crippen LogP contribution in [0.25, 0.3) is 0 Å². The van der Waals surface area contributed by atoms with E-state index in [9.17, 15) is 4.79 Å². The van der Waals surface area contributed by atoms with Crippen molar-refractivity contribution in [2.75, 3.05) is 13.1 Å². The summed E-state index contributed by atoms with van der Waals surface area (Å²) >= 11 is 10.6. The van der Waals surface area contributed by atoms with E-state index in [1.165, 1.54) is 0 Å². The number of carbonyl (C=O) groups is 1. The van der Waals surface area contributed by atoms with Crippen molar-refractivity contribution in [3.8, 4) is 0 Å². The highest BCUT2D eigenvalue weighted by atomic mass is 35.5. The fourth-order valence-corrected chi connectivity index (χ4v) is 2.33. The summed E-state index contributed by atoms with van der Waals surface area (Å²) in [5.41, 5.74) is 5.60. The van der Waals surface area contributed by atoms with Crippen molar-refractivity contribution >= 4 is 34.7 Å². The number of thiocarbonyl (C=S) groups is 1. The molecule has 0 bridgehead atoms. The zero-order chi connectivity index (χ0) is 12.4. The molecule has 17 heavy (non-hydrogen) atoms. The lowest BCUT2D eigenvalue weighted by atomic mass is 9.97. The third-order valence-corrected chi connectivity index (χ3v) is 3.50. The van der Waals surface area contributed by atoms with Gasteiger partial charge in [0, 0.05) is 19.0 Å². The van der Waals surface area contributed by atoms with Gasteiger partial charge < -0.3 is 15.1 Å². The number of piperidine rings is 1. The highest BCUT2D eigenvalue weighted by molar-refractivity contribution is 7.80. The first-order chi connectivity index (χ1) is 8.08. The van der Waals surface area contributed by atoms with Crippen LogP contribution in [-0.2, 0) is 0 Å². The highest BCUT2D eigenvalue weighted by Crippen LogP contribution is 2.21. The predicted molar refractivity (Wildman–Crippen MR) is 69.1 cm³/mol. The fourth-order valence-electron chi connectivity index (χ4n) is 1.95. The number of nitrogens with zero attached hydrogens (tertiary/aromatic N) is 1. The Morgan fingerprint density at radius 3 is 2.59 bits per heavy atom. The molecule has 6 heteroatoms. The van der Waals surface area contributed by atoms with E-state index in [2.05, 4.69) is 0 Å². The maximum atomic E-state index is 12.0. The van der Waals surface area contributed by atoms with Crippen LogP contribution in [0.1, 0.15) is 23.4 Å². The number of amides is 1. The molecule has 0 aliphatic carbocycles. The molecule has 1 aromatic rings. The number of hydrogen-bond acceptors (Lipinski definition) is 3. The van der Waals surface area contributed by atoms with Crippen LogP contribution in [0.3, 0.4) is 0 Å². The number of hydrogen-bond donors (Lipinski definition) is 1. The van der Waals surface area contributed by atoms with Crippen molar-refractivity contribution in [3.63, 3.8) is 0 Å². The second kappa shape index (κ2) is 5.06. The normalized spacial score (nSPS) is 17.1. The third-order valence-electron chi connectivity index (χ3n) is 2.97. The minimum absolute atomic E-state index is 0.127. The number of carbonyl (C=O) groups excluding carboxylic acids is 1. The van der Waals surface area contributed by atoms with Crippen molar-refractivity contribution in [3.05, 3.63) is 23.1 Å². The Morgan fingerprint density at radius 2 is 2.12 bits per heavy atom. The Labute approximate surface area is 110 Å². The minimum Gasteiger partial charge on any atom is -0.440 e. The molecule has 1 aliphatic rings. The molecule has 2 rings (SSSR count). The first kappa shape index (κ1) is 12.4. The summed E-state index contributed by atoms with van der Waals surface area (Å²) < 4.78 is 5.10. The topological polar surface area (TPSA) is 59.5 Å². The van der Waals surface area contributed by atoms with Gasteiger partial charge in [0.1, 0.15) is 0 Å². The zero-order valence-corrected chi connectivity index (χ0v) is 10.8. The summed E-state index contributed by atoms with van der Waals surface area (Å²) in [7, 11) is 0. The average molecular weight is 273 g/mol. The molecular weight excluding hydrogens is 260 g/mol. The highest BCUT2D eigenvalue weighted by Gasteiger charge is 2.26. The minimum atomic E-state index is -0.127. The third kappa shape index (κ3) is 2.79. The van der Waals surface area contributed by atoms with Gasteiger partial charge in [0.15, 0.2) is 11.0 Å². The van der Waals surface area contributed by atoms with Crippen LogP contribution in [0.15, 0.2) is 16.5 Å². The van der Waals surface area contributed by atoms with Gasteiger partial charge in [0.25, 0.3) is 5.91 Å². The van der Waals surface area contributed by atoms with Gasteiger partial charge in [-0.25, -0.2) is 0 Å². The van der Waals surface area contributed by atoms with E-state index in [-0.39, 0.29) is 22.8 Å². The molecule has 1 amide bonds. The lowest BCUT2D eigenvalue weighted by Crippen LogP contribution is -2.41. The standard InChI is InChI=1S/C11H13ClN2O2S/c12-9-2-1-8(16-9)11(15)14-5-3-7(4-6-14)10(13)17/h1-2,7H,3-6H2,(H2,13,17). The maximum absolute atomic E-state index is 12.0. The summed E-state index contributed by atoms with van der Waals surface area (Å²) in [6.45, 7) is 1.30. The molecule has 0 saturated carbocycles. The van der Waals surface area contributed by atoms with E-state index in [4.69, 9.17) is 34.0 Å². The Hall–Kier alpha value is -1.07. The smallest absolute Gasteiger partial charge is 0.289 e. The van der Waals surface area contributed by atoms with Crippen molar-refractivity contribution < 1.29 is 9.21 Å². The summed E-state index contributed by atoms with van der Waals surface area (Å²) in [5, 5.41) is 0.228. The second-order valence-electron chi connectivity index (χ2n) is 4.07. The van der Waals surface area contributed by atoms with Crippen LogP contribution in [0.5, 0.6) is 0 Å². The molecule has 0 unspecified atom stereocenters. The fraction of sp³-hybridized carbons (Fsp3) is 0.455. The molecule has 92 valence electrons. The molecule has 0 radical (unpaired) electrons. The number of likely N-dealkylation sites (tertiary alicyclic amines) is 1. The quantitative estimate of drug-likeness (QED) is 0.838. The molecule has 0 spiro atoms. The Morgan fingerprint density at radius 1 is 1.47 bits per heavy atom. The zero-order valence-electron chi connectivity index (χ0n) is 9.19. The number of rotatable bonds is 2. The van der Waals surface area contributed by atoms with Gasteiger partial charge >= 0.3 is 0 Å². The Kier molecular flexibility index (Phi) is 3.69. The summed E-state index contributed by atoms with van der Waals surface area (Å²) in [4.78, 5) is 14.3. The van der Waals surface area contributed by atoms with Crippen molar-refractivity contribution in [2.24, 2.45) is 11.7 Å². The predicted octanol–water partition coefficient (Wildman–Crippen LogP) is 2.07. The molecule has 2 N–H and O–H groups in total. The van der Waals surface area contributed by atoms with E-state index in [0.717, 1.165) is 12.8 Å². The molecule has 1 fully saturated rings. The average Bonchev–Trinajstić information content (AvgIpc) is 2.75. The van der Waals surface area contributed by atoms with Crippen LogP contribution in [0.2, 0.25) is 5.22 Å². The lowest BCUT2D eigenvalue weighted by molar-refractivity contribution is 0.0678. The number of nitrogens with two attached hydrogens (primary N) is 1. The first-order valence-electron chi connectivity index (χ1n) is 5.42. The Balaban J connectivity index is 1.97. The van der Waals surface area contributed by atoms with Crippen LogP contribution in [0, 0.1) is 5.92 Å². The van der Waals surface area contributed by atoms with Crippen LogP contribution < -0.4 is 5.73 Å². The SMILES string of the molecule is NC(=S)C1CCN(C(=O)c2ccc(Cl)o2)CC1. The van der Waals surface area contributed by atoms with E-state index in [1.807, 2.05) is 0 Å². The Bertz CT molecular complexity index is 438. The first-order valence-corrected chi connectivity index (χ1v) is 6.20.